The molecule has 6 nitrogen and oxygen atoms in total. The lowest BCUT2D eigenvalue weighted by molar-refractivity contribution is 0.0494. The van der Waals surface area contributed by atoms with Gasteiger partial charge in [0.2, 0.25) is 0 Å². The fraction of sp³-hybridized carbons (Fsp3) is 0.467. The minimum Gasteiger partial charge on any atom is -0.453 e. The van der Waals surface area contributed by atoms with Crippen LogP contribution in [0.5, 0.6) is 0 Å². The number of alkyl carbamates (subject to hydrolysis) is 2. The van der Waals surface area contributed by atoms with E-state index in [0.717, 1.165) is 5.56 Å². The van der Waals surface area contributed by atoms with Gasteiger partial charge in [0, 0.05) is 6.42 Å². The first-order valence-electron chi connectivity index (χ1n) is 6.68. The van der Waals surface area contributed by atoms with Gasteiger partial charge in [-0.3, -0.25) is 0 Å². The van der Waals surface area contributed by atoms with Gasteiger partial charge in [-0.1, -0.05) is 30.3 Å². The summed E-state index contributed by atoms with van der Waals surface area (Å²) in [6.45, 7) is 5.31. The number of hydrogen-bond acceptors (Lipinski definition) is 4. The molecule has 1 aromatic carbocycles. The van der Waals surface area contributed by atoms with Gasteiger partial charge in [-0.25, -0.2) is 9.59 Å². The number of rotatable bonds is 4. The zero-order valence-corrected chi connectivity index (χ0v) is 12.8. The molecule has 0 bridgehead atoms. The van der Waals surface area contributed by atoms with Crippen molar-refractivity contribution >= 4 is 12.2 Å². The van der Waals surface area contributed by atoms with E-state index in [1.807, 2.05) is 30.3 Å². The van der Waals surface area contributed by atoms with Crippen LogP contribution < -0.4 is 10.6 Å². The van der Waals surface area contributed by atoms with Crippen LogP contribution in [-0.4, -0.2) is 31.1 Å². The van der Waals surface area contributed by atoms with Crippen LogP contribution >= 0.6 is 0 Å². The third-order valence-electron chi connectivity index (χ3n) is 2.45. The summed E-state index contributed by atoms with van der Waals surface area (Å²) in [7, 11) is 1.27. The quantitative estimate of drug-likeness (QED) is 0.836. The van der Waals surface area contributed by atoms with Gasteiger partial charge in [-0.05, 0) is 26.3 Å². The maximum atomic E-state index is 11.8. The molecule has 0 unspecified atom stereocenters. The molecule has 0 aliphatic carbocycles. The molecular weight excluding hydrogens is 272 g/mol. The Hall–Kier alpha value is -2.24. The third kappa shape index (κ3) is 7.20. The van der Waals surface area contributed by atoms with Crippen LogP contribution in [0.4, 0.5) is 9.59 Å². The molecule has 2 amide bonds. The fourth-order valence-corrected chi connectivity index (χ4v) is 1.64. The second kappa shape index (κ2) is 7.52. The van der Waals surface area contributed by atoms with E-state index in [4.69, 9.17) is 4.74 Å². The molecule has 0 radical (unpaired) electrons. The predicted octanol–water partition coefficient (Wildman–Crippen LogP) is 2.44. The number of carbonyl (C=O) groups is 2. The topological polar surface area (TPSA) is 76.7 Å². The molecule has 1 rings (SSSR count). The fourth-order valence-electron chi connectivity index (χ4n) is 1.64. The number of nitrogens with one attached hydrogen (secondary N) is 2. The van der Waals surface area contributed by atoms with Crippen molar-refractivity contribution in [3.63, 3.8) is 0 Å². The lowest BCUT2D eigenvalue weighted by Gasteiger charge is -2.24. The van der Waals surface area contributed by atoms with Gasteiger partial charge in [0.05, 0.1) is 7.11 Å². The van der Waals surface area contributed by atoms with Gasteiger partial charge in [0.25, 0.3) is 0 Å². The van der Waals surface area contributed by atoms with Crippen LogP contribution in [0.1, 0.15) is 26.3 Å². The van der Waals surface area contributed by atoms with Gasteiger partial charge in [0.15, 0.2) is 0 Å². The van der Waals surface area contributed by atoms with E-state index in [1.165, 1.54) is 7.11 Å². The number of amides is 2. The van der Waals surface area contributed by atoms with Gasteiger partial charge < -0.3 is 20.1 Å². The summed E-state index contributed by atoms with van der Waals surface area (Å²) in [4.78, 5) is 23.2. The van der Waals surface area contributed by atoms with E-state index in [2.05, 4.69) is 15.4 Å². The number of ether oxygens (including phenoxy) is 2. The molecule has 6 heteroatoms. The van der Waals surface area contributed by atoms with Crippen LogP contribution in [-0.2, 0) is 15.9 Å². The van der Waals surface area contributed by atoms with Crippen molar-refractivity contribution in [2.75, 3.05) is 7.11 Å². The van der Waals surface area contributed by atoms with Crippen LogP contribution in [0.3, 0.4) is 0 Å². The smallest absolute Gasteiger partial charge is 0.409 e. The maximum absolute atomic E-state index is 11.8. The zero-order valence-electron chi connectivity index (χ0n) is 12.8. The lowest BCUT2D eigenvalue weighted by atomic mass is 10.1. The molecule has 0 heterocycles. The zero-order chi connectivity index (χ0) is 15.9. The maximum Gasteiger partial charge on any atom is 0.409 e. The monoisotopic (exact) mass is 294 g/mol. The van der Waals surface area contributed by atoms with Crippen molar-refractivity contribution in [3.8, 4) is 0 Å². The Balaban J connectivity index is 2.68. The van der Waals surface area contributed by atoms with E-state index in [0.29, 0.717) is 6.42 Å². The minimum atomic E-state index is -0.619. The Bertz CT molecular complexity index is 468. The van der Waals surface area contributed by atoms with E-state index in [-0.39, 0.29) is 0 Å². The average Bonchev–Trinajstić information content (AvgIpc) is 2.37. The average molecular weight is 294 g/mol. The molecule has 0 spiro atoms. The number of hydrogen-bond donors (Lipinski definition) is 2. The van der Waals surface area contributed by atoms with Crippen molar-refractivity contribution in [3.05, 3.63) is 35.9 Å². The van der Waals surface area contributed by atoms with E-state index < -0.39 is 24.0 Å². The van der Waals surface area contributed by atoms with Crippen molar-refractivity contribution in [2.45, 2.75) is 39.0 Å². The summed E-state index contributed by atoms with van der Waals surface area (Å²) in [5, 5.41) is 5.17. The highest BCUT2D eigenvalue weighted by Crippen LogP contribution is 2.08. The largest absolute Gasteiger partial charge is 0.453 e. The molecule has 0 saturated carbocycles. The Morgan fingerprint density at radius 3 is 2.19 bits per heavy atom. The summed E-state index contributed by atoms with van der Waals surface area (Å²) in [6, 6.07) is 9.48. The van der Waals surface area contributed by atoms with Gasteiger partial charge in [-0.15, -0.1) is 0 Å². The predicted molar refractivity (Wildman–Crippen MR) is 78.8 cm³/mol. The summed E-state index contributed by atoms with van der Waals surface area (Å²) in [5.41, 5.74) is 0.363. The van der Waals surface area contributed by atoms with Crippen molar-refractivity contribution < 1.29 is 19.1 Å². The highest BCUT2D eigenvalue weighted by Gasteiger charge is 2.21. The first-order valence-corrected chi connectivity index (χ1v) is 6.68. The molecule has 1 atom stereocenters. The number of carbonyl (C=O) groups excluding carboxylic acids is 2. The van der Waals surface area contributed by atoms with Gasteiger partial charge in [0.1, 0.15) is 11.8 Å². The summed E-state index contributed by atoms with van der Waals surface area (Å²) in [6.07, 6.45) is -1.41. The summed E-state index contributed by atoms with van der Waals surface area (Å²) < 4.78 is 9.74. The van der Waals surface area contributed by atoms with Crippen LogP contribution in [0, 0.1) is 0 Å². The molecular formula is C15H22N2O4. The Morgan fingerprint density at radius 2 is 1.67 bits per heavy atom. The molecule has 0 aromatic heterocycles. The Morgan fingerprint density at radius 1 is 1.10 bits per heavy atom. The SMILES string of the molecule is COC(=O)N[C@H](Cc1ccccc1)NC(=O)OC(C)(C)C. The first kappa shape index (κ1) is 16.8. The highest BCUT2D eigenvalue weighted by molar-refractivity contribution is 5.71. The van der Waals surface area contributed by atoms with E-state index in [9.17, 15) is 9.59 Å². The summed E-state index contributed by atoms with van der Waals surface area (Å²) >= 11 is 0. The van der Waals surface area contributed by atoms with Crippen molar-refractivity contribution in [1.29, 1.82) is 0 Å². The number of methoxy groups -OCH3 is 1. The minimum absolute atomic E-state index is 0.426. The van der Waals surface area contributed by atoms with Crippen LogP contribution in [0.2, 0.25) is 0 Å². The Kier molecular flexibility index (Phi) is 6.02. The molecule has 2 N–H and O–H groups in total. The van der Waals surface area contributed by atoms with Crippen molar-refractivity contribution in [1.82, 2.24) is 10.6 Å². The molecule has 0 aliphatic heterocycles. The molecule has 0 fully saturated rings. The standard InChI is InChI=1S/C15H22N2O4/c1-15(2,3)21-14(19)17-12(16-13(18)20-4)10-11-8-6-5-7-9-11/h5-9,12H,10H2,1-4H3,(H,16,18)(H,17,19)/t12-/m0/s1. The molecule has 0 aliphatic rings. The third-order valence-corrected chi connectivity index (χ3v) is 2.45. The first-order chi connectivity index (χ1) is 9.80. The summed E-state index contributed by atoms with van der Waals surface area (Å²) in [5.74, 6) is 0. The van der Waals surface area contributed by atoms with E-state index in [1.54, 1.807) is 20.8 Å². The van der Waals surface area contributed by atoms with Crippen molar-refractivity contribution in [2.24, 2.45) is 0 Å². The van der Waals surface area contributed by atoms with E-state index >= 15 is 0 Å². The van der Waals surface area contributed by atoms with Crippen LogP contribution in [0.25, 0.3) is 0 Å². The Labute approximate surface area is 124 Å². The van der Waals surface area contributed by atoms with Crippen LogP contribution in [0.15, 0.2) is 30.3 Å². The molecule has 116 valence electrons. The van der Waals surface area contributed by atoms with Gasteiger partial charge in [-0.2, -0.15) is 0 Å². The number of benzene rings is 1. The molecule has 1 aromatic rings. The second-order valence-electron chi connectivity index (χ2n) is 5.52. The molecule has 0 saturated heterocycles. The second-order valence-corrected chi connectivity index (χ2v) is 5.52. The highest BCUT2D eigenvalue weighted by atomic mass is 16.6. The normalized spacial score (nSPS) is 12.2. The molecule has 21 heavy (non-hydrogen) atoms. The van der Waals surface area contributed by atoms with Gasteiger partial charge >= 0.3 is 12.2 Å². The lowest BCUT2D eigenvalue weighted by Crippen LogP contribution is -2.50.